The van der Waals surface area contributed by atoms with Gasteiger partial charge in [0.2, 0.25) is 0 Å². The van der Waals surface area contributed by atoms with Crippen LogP contribution in [-0.2, 0) is 4.79 Å². The highest BCUT2D eigenvalue weighted by Crippen LogP contribution is 2.14. The number of hydrogen-bond acceptors (Lipinski definition) is 1. The Bertz CT molecular complexity index is 255. The zero-order valence-electron chi connectivity index (χ0n) is 14.7. The zero-order chi connectivity index (χ0) is 15.8. The summed E-state index contributed by atoms with van der Waals surface area (Å²) in [6.45, 7) is 8.03. The van der Waals surface area contributed by atoms with E-state index in [1.165, 1.54) is 82.6 Å². The smallest absolute Gasteiger partial charge is 0.132 e. The average molecular weight is 295 g/mol. The predicted octanol–water partition coefficient (Wildman–Crippen LogP) is 7.00. The van der Waals surface area contributed by atoms with Gasteiger partial charge < -0.3 is 0 Å². The number of hydrogen-bond donors (Lipinski definition) is 0. The molecule has 0 saturated heterocycles. The Kier molecular flexibility index (Phi) is 15.3. The lowest BCUT2D eigenvalue weighted by atomic mass is 10.0. The number of ketones is 1. The maximum Gasteiger partial charge on any atom is 0.132 e. The van der Waals surface area contributed by atoms with Crippen LogP contribution in [0.4, 0.5) is 0 Å². The molecule has 0 aliphatic carbocycles. The van der Waals surface area contributed by atoms with Crippen LogP contribution in [0.15, 0.2) is 12.2 Å². The van der Waals surface area contributed by atoms with Crippen LogP contribution in [0.5, 0.6) is 0 Å². The van der Waals surface area contributed by atoms with E-state index < -0.39 is 0 Å². The highest BCUT2D eigenvalue weighted by atomic mass is 16.1. The second-order valence-corrected chi connectivity index (χ2v) is 6.59. The Balaban J connectivity index is 3.02. The second kappa shape index (κ2) is 15.8. The first kappa shape index (κ1) is 20.4. The Morgan fingerprint density at radius 3 is 1.33 bits per heavy atom. The highest BCUT2D eigenvalue weighted by molar-refractivity contribution is 5.77. The highest BCUT2D eigenvalue weighted by Gasteiger charge is 1.98. The molecule has 0 saturated carbocycles. The maximum atomic E-state index is 11.1. The molecule has 0 fully saturated rings. The van der Waals surface area contributed by atoms with E-state index in [1.54, 1.807) is 0 Å². The molecule has 0 aromatic heterocycles. The predicted molar refractivity (Wildman–Crippen MR) is 94.8 cm³/mol. The van der Waals surface area contributed by atoms with Crippen molar-refractivity contribution >= 4 is 5.78 Å². The van der Waals surface area contributed by atoms with Crippen LogP contribution < -0.4 is 0 Å². The molecule has 0 aliphatic rings. The molecule has 21 heavy (non-hydrogen) atoms. The molecule has 0 atom stereocenters. The quantitative estimate of drug-likeness (QED) is 0.221. The van der Waals surface area contributed by atoms with Crippen LogP contribution in [0.2, 0.25) is 0 Å². The minimum Gasteiger partial charge on any atom is -0.300 e. The van der Waals surface area contributed by atoms with Gasteiger partial charge in [0, 0.05) is 12.8 Å². The molecule has 0 N–H and O–H groups in total. The Morgan fingerprint density at radius 2 is 1.00 bits per heavy atom. The molecule has 0 aliphatic heterocycles. The van der Waals surface area contributed by atoms with Crippen LogP contribution in [-0.4, -0.2) is 5.78 Å². The lowest BCUT2D eigenvalue weighted by Crippen LogP contribution is -1.94. The van der Waals surface area contributed by atoms with E-state index in [4.69, 9.17) is 0 Å². The summed E-state index contributed by atoms with van der Waals surface area (Å²) >= 11 is 0. The maximum absolute atomic E-state index is 11.1. The number of carbonyl (C=O) groups excluding carboxylic acids is 1. The van der Waals surface area contributed by atoms with Crippen molar-refractivity contribution in [2.45, 2.75) is 110 Å². The molecule has 0 amide bonds. The van der Waals surface area contributed by atoms with E-state index in [0.717, 1.165) is 12.8 Å². The zero-order valence-corrected chi connectivity index (χ0v) is 14.7. The van der Waals surface area contributed by atoms with Gasteiger partial charge in [0.05, 0.1) is 0 Å². The fourth-order valence-corrected chi connectivity index (χ4v) is 2.69. The summed E-state index contributed by atoms with van der Waals surface area (Å²) in [7, 11) is 0. The van der Waals surface area contributed by atoms with Gasteiger partial charge in [-0.3, -0.25) is 4.79 Å². The molecule has 0 rings (SSSR count). The van der Waals surface area contributed by atoms with Crippen LogP contribution in [0, 0.1) is 0 Å². The number of carbonyl (C=O) groups is 1. The van der Waals surface area contributed by atoms with Gasteiger partial charge in [-0.1, -0.05) is 76.7 Å². The van der Waals surface area contributed by atoms with Crippen molar-refractivity contribution < 1.29 is 4.79 Å². The topological polar surface area (TPSA) is 17.1 Å². The van der Waals surface area contributed by atoms with Gasteiger partial charge >= 0.3 is 0 Å². The number of rotatable bonds is 16. The molecule has 0 heterocycles. The SMILES string of the molecule is C=C(C)CCCCCCCCCCCCCCC(=O)CC. The van der Waals surface area contributed by atoms with E-state index in [-0.39, 0.29) is 0 Å². The lowest BCUT2D eigenvalue weighted by molar-refractivity contribution is -0.118. The minimum absolute atomic E-state index is 0.429. The van der Waals surface area contributed by atoms with Crippen molar-refractivity contribution in [3.8, 4) is 0 Å². The van der Waals surface area contributed by atoms with Gasteiger partial charge in [-0.15, -0.1) is 6.58 Å². The van der Waals surface area contributed by atoms with Crippen LogP contribution >= 0.6 is 0 Å². The van der Waals surface area contributed by atoms with Crippen molar-refractivity contribution in [1.82, 2.24) is 0 Å². The monoisotopic (exact) mass is 294 g/mol. The number of Topliss-reactive ketones (excluding diaryl/α,β-unsaturated/α-hetero) is 1. The molecular formula is C20H38O. The summed E-state index contributed by atoms with van der Waals surface area (Å²) in [5, 5.41) is 0. The molecule has 0 spiro atoms. The van der Waals surface area contributed by atoms with E-state index in [9.17, 15) is 4.79 Å². The van der Waals surface area contributed by atoms with Gasteiger partial charge in [0.25, 0.3) is 0 Å². The first-order chi connectivity index (χ1) is 10.2. The van der Waals surface area contributed by atoms with Crippen molar-refractivity contribution in [3.05, 3.63) is 12.2 Å². The molecule has 1 heteroatoms. The van der Waals surface area contributed by atoms with Gasteiger partial charge in [-0.25, -0.2) is 0 Å². The number of allylic oxidation sites excluding steroid dienone is 1. The van der Waals surface area contributed by atoms with Crippen LogP contribution in [0.3, 0.4) is 0 Å². The first-order valence-electron chi connectivity index (χ1n) is 9.33. The van der Waals surface area contributed by atoms with Crippen molar-refractivity contribution in [1.29, 1.82) is 0 Å². The fourth-order valence-electron chi connectivity index (χ4n) is 2.69. The molecule has 0 bridgehead atoms. The third kappa shape index (κ3) is 17.4. The van der Waals surface area contributed by atoms with Crippen LogP contribution in [0.25, 0.3) is 0 Å². The summed E-state index contributed by atoms with van der Waals surface area (Å²) in [4.78, 5) is 11.1. The third-order valence-corrected chi connectivity index (χ3v) is 4.20. The van der Waals surface area contributed by atoms with E-state index in [0.29, 0.717) is 12.2 Å². The molecule has 124 valence electrons. The first-order valence-corrected chi connectivity index (χ1v) is 9.33. The summed E-state index contributed by atoms with van der Waals surface area (Å²) in [6.07, 6.45) is 18.9. The van der Waals surface area contributed by atoms with Gasteiger partial charge in [-0.05, 0) is 26.2 Å². The van der Waals surface area contributed by atoms with E-state index in [1.807, 2.05) is 6.92 Å². The van der Waals surface area contributed by atoms with Gasteiger partial charge in [0.15, 0.2) is 0 Å². The molecule has 1 nitrogen and oxygen atoms in total. The Hall–Kier alpha value is -0.590. The lowest BCUT2D eigenvalue weighted by Gasteiger charge is -2.03. The van der Waals surface area contributed by atoms with Gasteiger partial charge in [-0.2, -0.15) is 0 Å². The molecule has 0 unspecified atom stereocenters. The standard InChI is InChI=1S/C20H38O/c1-4-20(21)18-16-14-12-10-8-6-5-7-9-11-13-15-17-19(2)3/h2,4-18H2,1,3H3. The summed E-state index contributed by atoms with van der Waals surface area (Å²) in [5.41, 5.74) is 1.33. The molecule has 0 radical (unpaired) electrons. The largest absolute Gasteiger partial charge is 0.300 e. The molecular weight excluding hydrogens is 256 g/mol. The second-order valence-electron chi connectivity index (χ2n) is 6.59. The minimum atomic E-state index is 0.429. The van der Waals surface area contributed by atoms with Crippen molar-refractivity contribution in [3.63, 3.8) is 0 Å². The summed E-state index contributed by atoms with van der Waals surface area (Å²) in [6, 6.07) is 0. The average Bonchev–Trinajstić information content (AvgIpc) is 2.46. The van der Waals surface area contributed by atoms with Gasteiger partial charge in [0.1, 0.15) is 5.78 Å². The van der Waals surface area contributed by atoms with E-state index in [2.05, 4.69) is 13.5 Å². The summed E-state index contributed by atoms with van der Waals surface area (Å²) < 4.78 is 0. The Labute approximate surface area is 133 Å². The summed E-state index contributed by atoms with van der Waals surface area (Å²) in [5.74, 6) is 0.429. The third-order valence-electron chi connectivity index (χ3n) is 4.20. The molecule has 0 aromatic carbocycles. The van der Waals surface area contributed by atoms with Crippen molar-refractivity contribution in [2.75, 3.05) is 0 Å². The normalized spacial score (nSPS) is 10.8. The number of unbranched alkanes of at least 4 members (excludes halogenated alkanes) is 11. The Morgan fingerprint density at radius 1 is 0.667 bits per heavy atom. The molecule has 0 aromatic rings. The van der Waals surface area contributed by atoms with Crippen molar-refractivity contribution in [2.24, 2.45) is 0 Å². The van der Waals surface area contributed by atoms with Crippen LogP contribution in [0.1, 0.15) is 110 Å². The van der Waals surface area contributed by atoms with E-state index >= 15 is 0 Å². The fraction of sp³-hybridized carbons (Fsp3) is 0.850.